The molecule has 1 amide bonds. The number of nitro groups is 1. The molecule has 1 aromatic rings. The van der Waals surface area contributed by atoms with Gasteiger partial charge in [-0.15, -0.1) is 0 Å². The summed E-state index contributed by atoms with van der Waals surface area (Å²) < 4.78 is 0. The monoisotopic (exact) mass is 293 g/mol. The summed E-state index contributed by atoms with van der Waals surface area (Å²) in [5, 5.41) is 13.7. The van der Waals surface area contributed by atoms with Crippen LogP contribution in [0.5, 0.6) is 0 Å². The van der Waals surface area contributed by atoms with E-state index in [1.165, 1.54) is 6.07 Å². The fraction of sp³-hybridized carbons (Fsp3) is 0.533. The molecule has 0 aliphatic heterocycles. The molecule has 0 radical (unpaired) electrons. The smallest absolute Gasteiger partial charge is 0.273 e. The molecule has 0 unspecified atom stereocenters. The van der Waals surface area contributed by atoms with Crippen LogP contribution in [0.1, 0.15) is 29.8 Å². The molecule has 1 aromatic carbocycles. The Labute approximate surface area is 125 Å². The van der Waals surface area contributed by atoms with Crippen molar-refractivity contribution >= 4 is 11.6 Å². The molecule has 0 aliphatic carbocycles. The second kappa shape index (κ2) is 6.67. The molecule has 1 rings (SSSR count). The van der Waals surface area contributed by atoms with Gasteiger partial charge < -0.3 is 10.2 Å². The first-order chi connectivity index (χ1) is 9.62. The fourth-order valence-corrected chi connectivity index (χ4v) is 2.28. The van der Waals surface area contributed by atoms with Crippen molar-refractivity contribution in [2.75, 3.05) is 27.2 Å². The molecule has 0 heterocycles. The third-order valence-corrected chi connectivity index (χ3v) is 3.14. The molecular weight excluding hydrogens is 270 g/mol. The van der Waals surface area contributed by atoms with Crippen LogP contribution in [0.2, 0.25) is 0 Å². The van der Waals surface area contributed by atoms with E-state index >= 15 is 0 Å². The molecule has 0 spiro atoms. The van der Waals surface area contributed by atoms with E-state index in [0.717, 1.165) is 6.54 Å². The van der Waals surface area contributed by atoms with Crippen molar-refractivity contribution in [3.8, 4) is 0 Å². The zero-order chi connectivity index (χ0) is 16.2. The molecule has 6 nitrogen and oxygen atoms in total. The Bertz CT molecular complexity index is 539. The lowest BCUT2D eigenvalue weighted by molar-refractivity contribution is -0.385. The largest absolute Gasteiger partial charge is 0.351 e. The van der Waals surface area contributed by atoms with Crippen LogP contribution in [0, 0.1) is 22.5 Å². The van der Waals surface area contributed by atoms with Gasteiger partial charge in [0.2, 0.25) is 0 Å². The van der Waals surface area contributed by atoms with Crippen LogP contribution in [0.4, 0.5) is 5.69 Å². The number of hydrogen-bond donors (Lipinski definition) is 1. The van der Waals surface area contributed by atoms with Gasteiger partial charge in [0, 0.05) is 30.3 Å². The Morgan fingerprint density at radius 3 is 2.52 bits per heavy atom. The second-order valence-electron chi connectivity index (χ2n) is 6.34. The second-order valence-corrected chi connectivity index (χ2v) is 6.34. The highest BCUT2D eigenvalue weighted by Crippen LogP contribution is 2.20. The van der Waals surface area contributed by atoms with Gasteiger partial charge in [-0.25, -0.2) is 0 Å². The highest BCUT2D eigenvalue weighted by atomic mass is 16.6. The topological polar surface area (TPSA) is 75.5 Å². The third kappa shape index (κ3) is 5.15. The zero-order valence-electron chi connectivity index (χ0n) is 13.3. The Kier molecular flexibility index (Phi) is 5.43. The minimum Gasteiger partial charge on any atom is -0.351 e. The normalized spacial score (nSPS) is 11.5. The predicted octanol–water partition coefficient (Wildman–Crippen LogP) is 2.22. The van der Waals surface area contributed by atoms with E-state index in [1.807, 2.05) is 14.1 Å². The number of nitrogens with one attached hydrogen (secondary N) is 1. The number of hydrogen-bond acceptors (Lipinski definition) is 4. The van der Waals surface area contributed by atoms with Crippen LogP contribution < -0.4 is 5.32 Å². The first-order valence-corrected chi connectivity index (χ1v) is 6.80. The standard InChI is InChI=1S/C15H23N3O3/c1-11-6-7-12(8-13(11)18(20)21)14(19)16-9-15(2,3)10-17(4)5/h6-8H,9-10H2,1-5H3,(H,16,19). The van der Waals surface area contributed by atoms with Gasteiger partial charge in [-0.3, -0.25) is 14.9 Å². The van der Waals surface area contributed by atoms with Crippen molar-refractivity contribution < 1.29 is 9.72 Å². The number of carbonyl (C=O) groups is 1. The average molecular weight is 293 g/mol. The van der Waals surface area contributed by atoms with Crippen molar-refractivity contribution in [2.24, 2.45) is 5.41 Å². The van der Waals surface area contributed by atoms with Crippen molar-refractivity contribution in [3.05, 3.63) is 39.4 Å². The minimum absolute atomic E-state index is 0.0322. The zero-order valence-corrected chi connectivity index (χ0v) is 13.3. The first kappa shape index (κ1) is 17.1. The molecule has 0 saturated heterocycles. The van der Waals surface area contributed by atoms with Gasteiger partial charge in [-0.1, -0.05) is 19.9 Å². The van der Waals surface area contributed by atoms with Crippen molar-refractivity contribution in [3.63, 3.8) is 0 Å². The first-order valence-electron chi connectivity index (χ1n) is 6.80. The van der Waals surface area contributed by atoms with Crippen LogP contribution in [-0.2, 0) is 0 Å². The lowest BCUT2D eigenvalue weighted by atomic mass is 9.93. The summed E-state index contributed by atoms with van der Waals surface area (Å²) in [6.07, 6.45) is 0. The quantitative estimate of drug-likeness (QED) is 0.644. The number of carbonyl (C=O) groups excluding carboxylic acids is 1. The van der Waals surface area contributed by atoms with E-state index in [-0.39, 0.29) is 17.0 Å². The summed E-state index contributed by atoms with van der Waals surface area (Å²) in [5.41, 5.74) is 0.753. The summed E-state index contributed by atoms with van der Waals surface area (Å²) in [6, 6.07) is 4.53. The van der Waals surface area contributed by atoms with Gasteiger partial charge in [0.25, 0.3) is 11.6 Å². The summed E-state index contributed by atoms with van der Waals surface area (Å²) >= 11 is 0. The van der Waals surface area contributed by atoms with Gasteiger partial charge in [0.1, 0.15) is 0 Å². The maximum Gasteiger partial charge on any atom is 0.273 e. The molecule has 1 N–H and O–H groups in total. The molecule has 0 aliphatic rings. The number of rotatable bonds is 6. The molecule has 21 heavy (non-hydrogen) atoms. The highest BCUT2D eigenvalue weighted by Gasteiger charge is 2.21. The van der Waals surface area contributed by atoms with Gasteiger partial charge in [-0.2, -0.15) is 0 Å². The number of nitrogens with zero attached hydrogens (tertiary/aromatic N) is 2. The van der Waals surface area contributed by atoms with Crippen LogP contribution in [0.25, 0.3) is 0 Å². The highest BCUT2D eigenvalue weighted by molar-refractivity contribution is 5.95. The number of benzene rings is 1. The molecular formula is C15H23N3O3. The molecule has 0 aromatic heterocycles. The van der Waals surface area contributed by atoms with Crippen LogP contribution in [0.3, 0.4) is 0 Å². The van der Waals surface area contributed by atoms with Crippen molar-refractivity contribution in [1.29, 1.82) is 0 Å². The third-order valence-electron chi connectivity index (χ3n) is 3.14. The van der Waals surface area contributed by atoms with Crippen molar-refractivity contribution in [2.45, 2.75) is 20.8 Å². The van der Waals surface area contributed by atoms with Crippen LogP contribution >= 0.6 is 0 Å². The van der Waals surface area contributed by atoms with Gasteiger partial charge in [0.05, 0.1) is 4.92 Å². The van der Waals surface area contributed by atoms with E-state index in [2.05, 4.69) is 24.1 Å². The summed E-state index contributed by atoms with van der Waals surface area (Å²) in [5.74, 6) is -0.287. The summed E-state index contributed by atoms with van der Waals surface area (Å²) in [7, 11) is 3.96. The number of nitro benzene ring substituents is 1. The van der Waals surface area contributed by atoms with E-state index < -0.39 is 4.92 Å². The Balaban J connectivity index is 2.77. The van der Waals surface area contributed by atoms with E-state index in [0.29, 0.717) is 17.7 Å². The molecule has 0 saturated carbocycles. The SMILES string of the molecule is Cc1ccc(C(=O)NCC(C)(C)CN(C)C)cc1[N+](=O)[O-]. The lowest BCUT2D eigenvalue weighted by Gasteiger charge is -2.28. The van der Waals surface area contributed by atoms with Crippen LogP contribution in [-0.4, -0.2) is 42.9 Å². The Morgan fingerprint density at radius 2 is 2.00 bits per heavy atom. The fourth-order valence-electron chi connectivity index (χ4n) is 2.28. The van der Waals surface area contributed by atoms with E-state index in [1.54, 1.807) is 19.1 Å². The number of aryl methyl sites for hydroxylation is 1. The van der Waals surface area contributed by atoms with E-state index in [9.17, 15) is 14.9 Å². The van der Waals surface area contributed by atoms with Gasteiger partial charge in [0.15, 0.2) is 0 Å². The summed E-state index contributed by atoms with van der Waals surface area (Å²) in [4.78, 5) is 24.6. The molecule has 0 bridgehead atoms. The Morgan fingerprint density at radius 1 is 1.38 bits per heavy atom. The minimum atomic E-state index is -0.470. The number of amides is 1. The molecule has 6 heteroatoms. The molecule has 116 valence electrons. The molecule has 0 fully saturated rings. The van der Waals surface area contributed by atoms with E-state index in [4.69, 9.17) is 0 Å². The Hall–Kier alpha value is -1.95. The average Bonchev–Trinajstić information content (AvgIpc) is 2.34. The predicted molar refractivity (Wildman–Crippen MR) is 82.5 cm³/mol. The molecule has 0 atom stereocenters. The summed E-state index contributed by atoms with van der Waals surface area (Å²) in [6.45, 7) is 7.11. The lowest BCUT2D eigenvalue weighted by Crippen LogP contribution is -2.40. The maximum absolute atomic E-state index is 12.1. The van der Waals surface area contributed by atoms with Crippen LogP contribution in [0.15, 0.2) is 18.2 Å². The van der Waals surface area contributed by atoms with Crippen molar-refractivity contribution in [1.82, 2.24) is 10.2 Å². The maximum atomic E-state index is 12.1. The van der Waals surface area contributed by atoms with Gasteiger partial charge in [-0.05, 0) is 32.5 Å². The van der Waals surface area contributed by atoms with Gasteiger partial charge >= 0.3 is 0 Å².